The van der Waals surface area contributed by atoms with Crippen LogP contribution in [0.3, 0.4) is 0 Å². The SMILES string of the molecule is CSc1cc2c(cc1OC[C@@H](C)C(=O)O)S(=O)(=O)[C@H](F)[C@H](CCC(C)(F)F)CN2C12CCC(F)(CC1)CC2. The fraction of sp³-hybridized carbons (Fsp3) is 0.731. The van der Waals surface area contributed by atoms with Crippen LogP contribution in [0.15, 0.2) is 21.9 Å². The molecule has 3 saturated carbocycles. The molecule has 38 heavy (non-hydrogen) atoms. The molecule has 5 rings (SSSR count). The lowest BCUT2D eigenvalue weighted by molar-refractivity contribution is -0.142. The number of carboxylic acids is 1. The topological polar surface area (TPSA) is 83.9 Å². The van der Waals surface area contributed by atoms with Gasteiger partial charge in [0.15, 0.2) is 0 Å². The van der Waals surface area contributed by atoms with E-state index in [4.69, 9.17) is 4.74 Å². The summed E-state index contributed by atoms with van der Waals surface area (Å²) < 4.78 is 91.4. The molecule has 1 aliphatic heterocycles. The van der Waals surface area contributed by atoms with Crippen molar-refractivity contribution in [3.8, 4) is 5.75 Å². The van der Waals surface area contributed by atoms with Crippen molar-refractivity contribution in [1.82, 2.24) is 0 Å². The van der Waals surface area contributed by atoms with Crippen molar-refractivity contribution in [1.29, 1.82) is 0 Å². The Hall–Kier alpha value is -1.69. The van der Waals surface area contributed by atoms with Crippen LogP contribution in [-0.4, -0.2) is 61.5 Å². The van der Waals surface area contributed by atoms with Gasteiger partial charge in [0.25, 0.3) is 0 Å². The lowest BCUT2D eigenvalue weighted by Crippen LogP contribution is -2.59. The molecular formula is C26H35F4NO5S2. The zero-order valence-electron chi connectivity index (χ0n) is 21.8. The van der Waals surface area contributed by atoms with Gasteiger partial charge in [-0.05, 0) is 71.1 Å². The summed E-state index contributed by atoms with van der Waals surface area (Å²) in [5, 5.41) is 9.21. The monoisotopic (exact) mass is 581 g/mol. The third kappa shape index (κ3) is 5.62. The van der Waals surface area contributed by atoms with Crippen LogP contribution in [-0.2, 0) is 14.6 Å². The van der Waals surface area contributed by atoms with E-state index in [0.29, 0.717) is 43.4 Å². The number of carbonyl (C=O) groups is 1. The summed E-state index contributed by atoms with van der Waals surface area (Å²) >= 11 is 1.27. The van der Waals surface area contributed by atoms with Crippen molar-refractivity contribution in [2.24, 2.45) is 11.8 Å². The van der Waals surface area contributed by atoms with Gasteiger partial charge in [0.05, 0.1) is 21.4 Å². The maximum Gasteiger partial charge on any atom is 0.309 e. The number of anilines is 1. The van der Waals surface area contributed by atoms with Crippen molar-refractivity contribution >= 4 is 33.3 Å². The van der Waals surface area contributed by atoms with Gasteiger partial charge in [-0.1, -0.05) is 0 Å². The number of carboxylic acid groups (broad SMARTS) is 1. The Bertz CT molecular complexity index is 1150. The Morgan fingerprint density at radius 1 is 1.24 bits per heavy atom. The first-order valence-corrected chi connectivity index (χ1v) is 15.7. The highest BCUT2D eigenvalue weighted by Gasteiger charge is 2.55. The van der Waals surface area contributed by atoms with Crippen LogP contribution in [0.1, 0.15) is 65.2 Å². The second-order valence-corrected chi connectivity index (χ2v) is 14.1. The van der Waals surface area contributed by atoms with E-state index < -0.39 is 56.7 Å². The minimum Gasteiger partial charge on any atom is -0.491 e. The van der Waals surface area contributed by atoms with E-state index in [1.54, 1.807) is 12.3 Å². The van der Waals surface area contributed by atoms with Crippen molar-refractivity contribution in [2.45, 2.75) is 97.6 Å². The van der Waals surface area contributed by atoms with Crippen LogP contribution in [0.5, 0.6) is 5.75 Å². The molecule has 0 radical (unpaired) electrons. The van der Waals surface area contributed by atoms with E-state index in [2.05, 4.69) is 0 Å². The highest BCUT2D eigenvalue weighted by atomic mass is 32.2. The summed E-state index contributed by atoms with van der Waals surface area (Å²) in [6.45, 7) is 1.88. The summed E-state index contributed by atoms with van der Waals surface area (Å²) in [6.07, 6.45) is 3.08. The van der Waals surface area contributed by atoms with Gasteiger partial charge in [0, 0.05) is 30.5 Å². The molecule has 3 aliphatic carbocycles. The molecule has 0 spiro atoms. The van der Waals surface area contributed by atoms with Crippen LogP contribution < -0.4 is 9.64 Å². The molecule has 1 N–H and O–H groups in total. The number of nitrogens with zero attached hydrogens (tertiary/aromatic N) is 1. The average molecular weight is 582 g/mol. The lowest BCUT2D eigenvalue weighted by Gasteiger charge is -2.56. The molecule has 2 bridgehead atoms. The van der Waals surface area contributed by atoms with Crippen molar-refractivity contribution in [3.05, 3.63) is 12.1 Å². The van der Waals surface area contributed by atoms with Gasteiger partial charge in [-0.2, -0.15) is 0 Å². The third-order valence-corrected chi connectivity index (χ3v) is 11.2. The zero-order chi connectivity index (χ0) is 28.1. The quantitative estimate of drug-likeness (QED) is 0.272. The number of alkyl halides is 4. The largest absolute Gasteiger partial charge is 0.491 e. The fourth-order valence-electron chi connectivity index (χ4n) is 5.95. The fourth-order valence-corrected chi connectivity index (χ4v) is 8.21. The number of halogens is 4. The number of benzene rings is 1. The number of hydrogen-bond donors (Lipinski definition) is 1. The summed E-state index contributed by atoms with van der Waals surface area (Å²) in [7, 11) is -4.62. The van der Waals surface area contributed by atoms with Crippen molar-refractivity contribution in [2.75, 3.05) is 24.3 Å². The second kappa shape index (κ2) is 10.4. The maximum absolute atomic E-state index is 15.9. The summed E-state index contributed by atoms with van der Waals surface area (Å²) in [4.78, 5) is 13.4. The van der Waals surface area contributed by atoms with Gasteiger partial charge in [0.2, 0.25) is 21.3 Å². The number of hydrogen-bond acceptors (Lipinski definition) is 6. The standard InChI is InChI=1S/C26H35F4NO5S2/c1-16(23(32)33)15-36-19-13-21-18(12-20(19)37-3)31(26-9-6-25(30,7-10-26)8-11-26)14-17(4-5-24(2,28)29)22(27)38(21,34)35/h12-13,16-17,22H,4-11,14-15H2,1-3H3,(H,32,33)/t16-,17-,22+,25?,26?/m1/s1. The Kier molecular flexibility index (Phi) is 8.00. The third-order valence-electron chi connectivity index (χ3n) is 8.48. The van der Waals surface area contributed by atoms with Crippen LogP contribution in [0.25, 0.3) is 0 Å². The van der Waals surface area contributed by atoms with Gasteiger partial charge in [0.1, 0.15) is 18.0 Å². The van der Waals surface area contributed by atoms with Gasteiger partial charge >= 0.3 is 5.97 Å². The zero-order valence-corrected chi connectivity index (χ0v) is 23.4. The molecule has 0 unspecified atom stereocenters. The Labute approximate surface area is 225 Å². The normalized spacial score (nSPS) is 31.4. The molecule has 214 valence electrons. The van der Waals surface area contributed by atoms with Crippen LogP contribution in [0.4, 0.5) is 23.2 Å². The molecule has 1 aromatic rings. The van der Waals surface area contributed by atoms with E-state index in [9.17, 15) is 27.1 Å². The van der Waals surface area contributed by atoms with Crippen molar-refractivity contribution in [3.63, 3.8) is 0 Å². The molecular weight excluding hydrogens is 546 g/mol. The van der Waals surface area contributed by atoms with E-state index in [-0.39, 0.29) is 35.9 Å². The van der Waals surface area contributed by atoms with Crippen LogP contribution in [0.2, 0.25) is 0 Å². The van der Waals surface area contributed by atoms with Crippen LogP contribution >= 0.6 is 11.8 Å². The predicted molar refractivity (Wildman–Crippen MR) is 138 cm³/mol. The van der Waals surface area contributed by atoms with Gasteiger partial charge < -0.3 is 14.7 Å². The van der Waals surface area contributed by atoms with Gasteiger partial charge in [-0.3, -0.25) is 4.79 Å². The first-order chi connectivity index (χ1) is 17.6. The highest BCUT2D eigenvalue weighted by molar-refractivity contribution is 7.98. The molecule has 0 saturated heterocycles. The van der Waals surface area contributed by atoms with Crippen molar-refractivity contribution < 1.29 is 40.6 Å². The number of aliphatic carboxylic acids is 1. The minimum absolute atomic E-state index is 0.0766. The van der Waals surface area contributed by atoms with E-state index in [1.165, 1.54) is 24.8 Å². The number of ether oxygens (including phenoxy) is 1. The first kappa shape index (κ1) is 29.3. The van der Waals surface area contributed by atoms with E-state index in [1.807, 2.05) is 4.90 Å². The number of sulfone groups is 1. The Balaban J connectivity index is 1.83. The highest BCUT2D eigenvalue weighted by Crippen LogP contribution is 2.55. The summed E-state index contributed by atoms with van der Waals surface area (Å²) in [5.41, 5.74) is -4.00. The molecule has 1 aromatic carbocycles. The van der Waals surface area contributed by atoms with Gasteiger partial charge in [-0.25, -0.2) is 26.0 Å². The summed E-state index contributed by atoms with van der Waals surface area (Å²) in [6, 6.07) is 2.85. The molecule has 3 fully saturated rings. The number of rotatable bonds is 9. The first-order valence-electron chi connectivity index (χ1n) is 12.9. The van der Waals surface area contributed by atoms with E-state index in [0.717, 1.165) is 6.92 Å². The Morgan fingerprint density at radius 3 is 2.37 bits per heavy atom. The second-order valence-electron chi connectivity index (χ2n) is 11.3. The molecule has 12 heteroatoms. The maximum atomic E-state index is 15.9. The molecule has 3 atom stereocenters. The Morgan fingerprint density at radius 2 is 1.84 bits per heavy atom. The molecule has 1 heterocycles. The predicted octanol–water partition coefficient (Wildman–Crippen LogP) is 6.26. The van der Waals surface area contributed by atoms with Crippen LogP contribution in [0, 0.1) is 11.8 Å². The number of thioether (sulfide) groups is 1. The average Bonchev–Trinajstić information content (AvgIpc) is 2.94. The van der Waals surface area contributed by atoms with Gasteiger partial charge in [-0.15, -0.1) is 11.8 Å². The summed E-state index contributed by atoms with van der Waals surface area (Å²) in [5.74, 6) is -6.12. The number of fused-ring (bicyclic) bond motifs is 4. The lowest BCUT2D eigenvalue weighted by atomic mass is 9.63. The molecule has 6 nitrogen and oxygen atoms in total. The molecule has 0 aromatic heterocycles. The smallest absolute Gasteiger partial charge is 0.309 e. The molecule has 4 aliphatic rings. The minimum atomic E-state index is -4.62. The molecule has 0 amide bonds. The van der Waals surface area contributed by atoms with E-state index >= 15 is 8.78 Å².